The molecule has 0 unspecified atom stereocenters. The molecular weight excluding hydrogens is 510 g/mol. The number of hydrogen-bond donors (Lipinski definition) is 1. The van der Waals surface area contributed by atoms with Gasteiger partial charge in [0.05, 0.1) is 11.9 Å². The monoisotopic (exact) mass is 547 g/mol. The summed E-state index contributed by atoms with van der Waals surface area (Å²) in [4.78, 5) is 28.0. The van der Waals surface area contributed by atoms with Gasteiger partial charge in [0.25, 0.3) is 0 Å². The zero-order valence-corrected chi connectivity index (χ0v) is 23.5. The van der Waals surface area contributed by atoms with Crippen LogP contribution in [-0.2, 0) is 32.6 Å². The van der Waals surface area contributed by atoms with Gasteiger partial charge in [0.2, 0.25) is 21.8 Å². The third-order valence-corrected chi connectivity index (χ3v) is 8.37. The van der Waals surface area contributed by atoms with Gasteiger partial charge in [-0.3, -0.25) is 13.9 Å². The molecule has 0 saturated heterocycles. The number of carbonyl (C=O) groups is 2. The second-order valence-electron chi connectivity index (χ2n) is 9.77. The molecule has 0 bridgehead atoms. The Kier molecular flexibility index (Phi) is 10.4. The molecule has 7 nitrogen and oxygen atoms in total. The van der Waals surface area contributed by atoms with Gasteiger partial charge in [-0.1, -0.05) is 55.6 Å². The average Bonchev–Trinajstić information content (AvgIpc) is 3.38. The Labute approximate surface area is 226 Å². The maximum absolute atomic E-state index is 13.4. The molecule has 0 radical (unpaired) electrons. The predicted molar refractivity (Wildman–Crippen MR) is 149 cm³/mol. The zero-order chi connectivity index (χ0) is 27.0. The van der Waals surface area contributed by atoms with E-state index in [1.165, 1.54) is 10.6 Å². The predicted octanol–water partition coefficient (Wildman–Crippen LogP) is 4.92. The number of rotatable bonds is 12. The van der Waals surface area contributed by atoms with E-state index in [0.29, 0.717) is 17.1 Å². The minimum absolute atomic E-state index is 0.119. The van der Waals surface area contributed by atoms with Crippen LogP contribution in [0.2, 0.25) is 5.02 Å². The SMILES string of the molecule is CCc1ccc(N(CCCC(=O)N(Cc2ccc(Cl)cc2)[C@@H](C)C(=O)NC2CCCC2)S(C)(=O)=O)cc1. The fourth-order valence-corrected chi connectivity index (χ4v) is 5.75. The molecule has 3 rings (SSSR count). The van der Waals surface area contributed by atoms with Gasteiger partial charge in [-0.2, -0.15) is 0 Å². The van der Waals surface area contributed by atoms with Crippen molar-refractivity contribution in [1.82, 2.24) is 10.2 Å². The first-order valence-corrected chi connectivity index (χ1v) is 15.2. The van der Waals surface area contributed by atoms with Gasteiger partial charge in [0.1, 0.15) is 6.04 Å². The summed E-state index contributed by atoms with van der Waals surface area (Å²) in [6.07, 6.45) is 6.61. The highest BCUT2D eigenvalue weighted by Crippen LogP contribution is 2.21. The minimum Gasteiger partial charge on any atom is -0.352 e. The van der Waals surface area contributed by atoms with Crippen molar-refractivity contribution in [1.29, 1.82) is 0 Å². The molecule has 1 saturated carbocycles. The quantitative estimate of drug-likeness (QED) is 0.408. The van der Waals surface area contributed by atoms with Gasteiger partial charge in [-0.15, -0.1) is 0 Å². The molecule has 37 heavy (non-hydrogen) atoms. The van der Waals surface area contributed by atoms with E-state index in [1.807, 2.05) is 31.2 Å². The van der Waals surface area contributed by atoms with Gasteiger partial charge >= 0.3 is 0 Å². The van der Waals surface area contributed by atoms with Crippen LogP contribution in [0.25, 0.3) is 0 Å². The Morgan fingerprint density at radius 2 is 1.62 bits per heavy atom. The molecule has 0 heterocycles. The molecule has 1 N–H and O–H groups in total. The number of sulfonamides is 1. The first-order valence-electron chi connectivity index (χ1n) is 13.0. The van der Waals surface area contributed by atoms with E-state index in [2.05, 4.69) is 5.32 Å². The number of halogens is 1. The first-order chi connectivity index (χ1) is 17.6. The summed E-state index contributed by atoms with van der Waals surface area (Å²) in [5.41, 5.74) is 2.57. The summed E-state index contributed by atoms with van der Waals surface area (Å²) < 4.78 is 26.3. The Hall–Kier alpha value is -2.58. The molecule has 202 valence electrons. The molecule has 2 aromatic carbocycles. The van der Waals surface area contributed by atoms with Crippen molar-refractivity contribution in [3.05, 3.63) is 64.7 Å². The van der Waals surface area contributed by atoms with Crippen molar-refractivity contribution in [2.75, 3.05) is 17.1 Å². The van der Waals surface area contributed by atoms with Gasteiger partial charge < -0.3 is 10.2 Å². The van der Waals surface area contributed by atoms with Crippen molar-refractivity contribution in [3.8, 4) is 0 Å². The lowest BCUT2D eigenvalue weighted by Crippen LogP contribution is -2.49. The summed E-state index contributed by atoms with van der Waals surface area (Å²) in [6, 6.07) is 14.1. The van der Waals surface area contributed by atoms with Crippen molar-refractivity contribution >= 4 is 39.1 Å². The topological polar surface area (TPSA) is 86.8 Å². The van der Waals surface area contributed by atoms with Crippen LogP contribution in [0.3, 0.4) is 0 Å². The van der Waals surface area contributed by atoms with Crippen molar-refractivity contribution in [2.24, 2.45) is 0 Å². The highest BCUT2D eigenvalue weighted by atomic mass is 35.5. The largest absolute Gasteiger partial charge is 0.352 e. The van der Waals surface area contributed by atoms with Gasteiger partial charge in [0.15, 0.2) is 0 Å². The van der Waals surface area contributed by atoms with Crippen LogP contribution in [0.5, 0.6) is 0 Å². The average molecular weight is 548 g/mol. The standard InChI is InChI=1S/C28H38ClN3O4S/c1-4-22-13-17-26(18-14-22)32(37(3,35)36)19-7-10-27(33)31(20-23-11-15-24(29)16-12-23)21(2)28(34)30-25-8-5-6-9-25/h11-18,21,25H,4-10,19-20H2,1-3H3,(H,30,34)/t21-/m0/s1. The van der Waals surface area contributed by atoms with Crippen LogP contribution >= 0.6 is 11.6 Å². The van der Waals surface area contributed by atoms with Crippen molar-refractivity contribution < 1.29 is 18.0 Å². The van der Waals surface area contributed by atoms with Gasteiger partial charge in [0, 0.05) is 30.6 Å². The number of nitrogens with one attached hydrogen (secondary N) is 1. The molecule has 0 spiro atoms. The number of hydrogen-bond acceptors (Lipinski definition) is 4. The maximum Gasteiger partial charge on any atom is 0.242 e. The molecule has 1 aliphatic carbocycles. The summed E-state index contributed by atoms with van der Waals surface area (Å²) in [5.74, 6) is -0.359. The van der Waals surface area contributed by atoms with Crippen molar-refractivity contribution in [2.45, 2.75) is 77.4 Å². The van der Waals surface area contributed by atoms with Crippen LogP contribution in [0.1, 0.15) is 63.5 Å². The van der Waals surface area contributed by atoms with Crippen LogP contribution < -0.4 is 9.62 Å². The van der Waals surface area contributed by atoms with E-state index in [-0.39, 0.29) is 37.4 Å². The Bertz CT molecular complexity index is 1150. The molecule has 1 atom stereocenters. The van der Waals surface area contributed by atoms with Crippen LogP contribution in [-0.4, -0.2) is 50.0 Å². The number of carbonyl (C=O) groups excluding carboxylic acids is 2. The Morgan fingerprint density at radius 3 is 2.19 bits per heavy atom. The fraction of sp³-hybridized carbons (Fsp3) is 0.500. The van der Waals surface area contributed by atoms with E-state index in [0.717, 1.165) is 43.2 Å². The van der Waals surface area contributed by atoms with E-state index in [4.69, 9.17) is 11.6 Å². The Balaban J connectivity index is 1.70. The third kappa shape index (κ3) is 8.47. The van der Waals surface area contributed by atoms with E-state index >= 15 is 0 Å². The lowest BCUT2D eigenvalue weighted by molar-refractivity contribution is -0.141. The van der Waals surface area contributed by atoms with Crippen molar-refractivity contribution in [3.63, 3.8) is 0 Å². The molecule has 1 aliphatic rings. The lowest BCUT2D eigenvalue weighted by atomic mass is 10.1. The van der Waals surface area contributed by atoms with Crippen LogP contribution in [0, 0.1) is 0 Å². The number of anilines is 1. The number of amides is 2. The maximum atomic E-state index is 13.4. The molecule has 2 amide bonds. The summed E-state index contributed by atoms with van der Waals surface area (Å²) >= 11 is 6.02. The molecule has 1 fully saturated rings. The van der Waals surface area contributed by atoms with Crippen LogP contribution in [0.4, 0.5) is 5.69 Å². The van der Waals surface area contributed by atoms with Crippen LogP contribution in [0.15, 0.2) is 48.5 Å². The number of nitrogens with zero attached hydrogens (tertiary/aromatic N) is 2. The minimum atomic E-state index is -3.52. The second kappa shape index (κ2) is 13.3. The highest BCUT2D eigenvalue weighted by molar-refractivity contribution is 7.92. The highest BCUT2D eigenvalue weighted by Gasteiger charge is 2.28. The second-order valence-corrected chi connectivity index (χ2v) is 12.1. The van der Waals surface area contributed by atoms with E-state index in [9.17, 15) is 18.0 Å². The molecule has 9 heteroatoms. The van der Waals surface area contributed by atoms with Gasteiger partial charge in [-0.05, 0) is 68.0 Å². The summed E-state index contributed by atoms with van der Waals surface area (Å²) in [6.45, 7) is 4.23. The fourth-order valence-electron chi connectivity index (χ4n) is 4.66. The Morgan fingerprint density at radius 1 is 1.03 bits per heavy atom. The number of aryl methyl sites for hydroxylation is 1. The smallest absolute Gasteiger partial charge is 0.242 e. The van der Waals surface area contributed by atoms with E-state index in [1.54, 1.807) is 36.1 Å². The van der Waals surface area contributed by atoms with E-state index < -0.39 is 16.1 Å². The molecule has 0 aromatic heterocycles. The normalized spacial score (nSPS) is 14.8. The number of benzene rings is 2. The summed E-state index contributed by atoms with van der Waals surface area (Å²) in [7, 11) is -3.52. The lowest BCUT2D eigenvalue weighted by Gasteiger charge is -2.30. The first kappa shape index (κ1) is 29.0. The molecule has 0 aliphatic heterocycles. The third-order valence-electron chi connectivity index (χ3n) is 6.92. The zero-order valence-electron chi connectivity index (χ0n) is 22.0. The summed E-state index contributed by atoms with van der Waals surface area (Å²) in [5, 5.41) is 3.69. The van der Waals surface area contributed by atoms with Gasteiger partial charge in [-0.25, -0.2) is 8.42 Å². The molecular formula is C28H38ClN3O4S. The molecule has 2 aromatic rings.